The smallest absolute Gasteiger partial charge is 0.222 e. The normalized spacial score (nSPS) is 16.3. The average molecular weight is 432 g/mol. The fraction of sp³-hybridized carbons (Fsp3) is 0.370. The number of fused-ring (bicyclic) bond motifs is 1. The number of hydrogen-bond acceptors (Lipinski definition) is 4. The van der Waals surface area contributed by atoms with Crippen molar-refractivity contribution in [3.05, 3.63) is 70.8 Å². The summed E-state index contributed by atoms with van der Waals surface area (Å²) in [7, 11) is 1.61. The van der Waals surface area contributed by atoms with Crippen molar-refractivity contribution in [1.82, 2.24) is 4.90 Å². The minimum atomic E-state index is -0.0362. The quantitative estimate of drug-likeness (QED) is 0.582. The van der Waals surface area contributed by atoms with Crippen LogP contribution in [0.3, 0.4) is 0 Å². The molecule has 1 saturated heterocycles. The van der Waals surface area contributed by atoms with Crippen LogP contribution < -0.4 is 4.74 Å². The third kappa shape index (κ3) is 4.98. The van der Waals surface area contributed by atoms with Crippen molar-refractivity contribution in [2.75, 3.05) is 20.2 Å². The molecule has 1 amide bonds. The summed E-state index contributed by atoms with van der Waals surface area (Å²) in [5, 5.41) is 0. The predicted octanol–water partition coefficient (Wildman–Crippen LogP) is 4.96. The van der Waals surface area contributed by atoms with E-state index in [1.807, 2.05) is 41.3 Å². The molecule has 0 saturated carbocycles. The van der Waals surface area contributed by atoms with Gasteiger partial charge in [-0.15, -0.1) is 0 Å². The number of ketones is 2. The number of carbonyl (C=O) groups is 3. The van der Waals surface area contributed by atoms with E-state index in [-0.39, 0.29) is 23.4 Å². The summed E-state index contributed by atoms with van der Waals surface area (Å²) in [5.74, 6) is 1.15. The van der Waals surface area contributed by atoms with Gasteiger partial charge in [0.2, 0.25) is 5.91 Å². The number of rotatable bonds is 7. The first-order valence-electron chi connectivity index (χ1n) is 11.3. The van der Waals surface area contributed by atoms with Crippen molar-refractivity contribution >= 4 is 23.5 Å². The molecule has 1 fully saturated rings. The third-order valence-corrected chi connectivity index (χ3v) is 6.49. The molecular formula is C27H29NO4. The maximum atomic E-state index is 12.8. The summed E-state index contributed by atoms with van der Waals surface area (Å²) in [5.41, 5.74) is 3.57. The Morgan fingerprint density at radius 1 is 1.03 bits per heavy atom. The SMILES string of the molecule is COc1ccc(C(=O)C2CCN(C(=O)CCCC3=Cc4ccccc4C(=O)C3)CC2)cc1. The molecule has 32 heavy (non-hydrogen) atoms. The minimum Gasteiger partial charge on any atom is -0.497 e. The summed E-state index contributed by atoms with van der Waals surface area (Å²) in [6.45, 7) is 1.25. The second kappa shape index (κ2) is 9.94. The van der Waals surface area contributed by atoms with Crippen LogP contribution in [0.25, 0.3) is 6.08 Å². The first-order chi connectivity index (χ1) is 15.5. The topological polar surface area (TPSA) is 63.7 Å². The van der Waals surface area contributed by atoms with E-state index in [1.165, 1.54) is 0 Å². The number of amides is 1. The number of ether oxygens (including phenoxy) is 1. The Kier molecular flexibility index (Phi) is 6.84. The fourth-order valence-corrected chi connectivity index (χ4v) is 4.62. The Morgan fingerprint density at radius 2 is 1.75 bits per heavy atom. The van der Waals surface area contributed by atoms with Crippen LogP contribution in [0.4, 0.5) is 0 Å². The van der Waals surface area contributed by atoms with Crippen molar-refractivity contribution in [1.29, 1.82) is 0 Å². The molecule has 0 unspecified atom stereocenters. The molecule has 0 spiro atoms. The number of piperidine rings is 1. The van der Waals surface area contributed by atoms with Crippen LogP contribution in [0, 0.1) is 5.92 Å². The Balaban J connectivity index is 1.23. The lowest BCUT2D eigenvalue weighted by Crippen LogP contribution is -2.40. The maximum absolute atomic E-state index is 12.8. The van der Waals surface area contributed by atoms with Gasteiger partial charge in [-0.2, -0.15) is 0 Å². The second-order valence-electron chi connectivity index (χ2n) is 8.59. The van der Waals surface area contributed by atoms with E-state index in [1.54, 1.807) is 19.2 Å². The van der Waals surface area contributed by atoms with Crippen molar-refractivity contribution in [2.24, 2.45) is 5.92 Å². The minimum absolute atomic E-state index is 0.0362. The lowest BCUT2D eigenvalue weighted by molar-refractivity contribution is -0.132. The molecule has 0 aromatic heterocycles. The van der Waals surface area contributed by atoms with Crippen molar-refractivity contribution < 1.29 is 19.1 Å². The molecule has 1 heterocycles. The third-order valence-electron chi connectivity index (χ3n) is 6.49. The van der Waals surface area contributed by atoms with Crippen molar-refractivity contribution in [3.63, 3.8) is 0 Å². The van der Waals surface area contributed by atoms with Crippen LogP contribution in [-0.4, -0.2) is 42.6 Å². The van der Waals surface area contributed by atoms with E-state index in [0.29, 0.717) is 44.3 Å². The number of Topliss-reactive ketones (excluding diaryl/α,β-unsaturated/α-hetero) is 2. The van der Waals surface area contributed by atoms with E-state index in [0.717, 1.165) is 35.3 Å². The molecule has 5 nitrogen and oxygen atoms in total. The Hall–Kier alpha value is -3.21. The highest BCUT2D eigenvalue weighted by atomic mass is 16.5. The average Bonchev–Trinajstić information content (AvgIpc) is 2.84. The molecule has 2 aromatic rings. The molecule has 0 atom stereocenters. The van der Waals surface area contributed by atoms with Gasteiger partial charge in [-0.05, 0) is 55.5 Å². The summed E-state index contributed by atoms with van der Waals surface area (Å²) in [4.78, 5) is 39.6. The van der Waals surface area contributed by atoms with Crippen LogP contribution in [-0.2, 0) is 4.79 Å². The Bertz CT molecular complexity index is 1030. The second-order valence-corrected chi connectivity index (χ2v) is 8.59. The molecule has 1 aliphatic carbocycles. The van der Waals surface area contributed by atoms with Crippen LogP contribution in [0.2, 0.25) is 0 Å². The van der Waals surface area contributed by atoms with Crippen molar-refractivity contribution in [2.45, 2.75) is 38.5 Å². The van der Waals surface area contributed by atoms with Crippen LogP contribution >= 0.6 is 0 Å². The molecule has 5 heteroatoms. The number of nitrogens with zero attached hydrogens (tertiary/aromatic N) is 1. The highest BCUT2D eigenvalue weighted by Crippen LogP contribution is 2.27. The zero-order valence-electron chi connectivity index (χ0n) is 18.5. The molecule has 2 aromatic carbocycles. The number of carbonyl (C=O) groups excluding carboxylic acids is 3. The first-order valence-corrected chi connectivity index (χ1v) is 11.3. The molecule has 0 bridgehead atoms. The van der Waals surface area contributed by atoms with E-state index in [4.69, 9.17) is 4.74 Å². The predicted molar refractivity (Wildman–Crippen MR) is 124 cm³/mol. The Morgan fingerprint density at radius 3 is 2.47 bits per heavy atom. The summed E-state index contributed by atoms with van der Waals surface area (Å²) >= 11 is 0. The number of allylic oxidation sites excluding steroid dienone is 1. The highest BCUT2D eigenvalue weighted by molar-refractivity contribution is 6.03. The van der Waals surface area contributed by atoms with Gasteiger partial charge in [0.1, 0.15) is 5.75 Å². The zero-order valence-corrected chi connectivity index (χ0v) is 18.5. The molecular weight excluding hydrogens is 402 g/mol. The van der Waals surface area contributed by atoms with E-state index in [2.05, 4.69) is 6.08 Å². The van der Waals surface area contributed by atoms with Gasteiger partial charge >= 0.3 is 0 Å². The van der Waals surface area contributed by atoms with E-state index < -0.39 is 0 Å². The van der Waals surface area contributed by atoms with Gasteiger partial charge in [0.05, 0.1) is 7.11 Å². The van der Waals surface area contributed by atoms with Gasteiger partial charge in [-0.3, -0.25) is 14.4 Å². The number of hydrogen-bond donors (Lipinski definition) is 0. The molecule has 0 N–H and O–H groups in total. The molecule has 2 aliphatic rings. The van der Waals surface area contributed by atoms with Crippen molar-refractivity contribution in [3.8, 4) is 5.75 Å². The summed E-state index contributed by atoms with van der Waals surface area (Å²) in [6.07, 6.45) is 5.93. The van der Waals surface area contributed by atoms with E-state index >= 15 is 0 Å². The summed E-state index contributed by atoms with van der Waals surface area (Å²) in [6, 6.07) is 14.9. The Labute approximate surface area is 189 Å². The van der Waals surface area contributed by atoms with Gasteiger partial charge in [-0.25, -0.2) is 0 Å². The summed E-state index contributed by atoms with van der Waals surface area (Å²) < 4.78 is 5.15. The first kappa shape index (κ1) is 22.0. The number of likely N-dealkylation sites (tertiary alicyclic amines) is 1. The standard InChI is InChI=1S/C27H29NO4/c1-32-23-11-9-20(10-12-23)27(31)21-13-15-28(16-14-21)26(30)8-4-5-19-17-22-6-2-3-7-24(22)25(29)18-19/h2-3,6-7,9-12,17,21H,4-5,8,13-16,18H2,1H3. The fourth-order valence-electron chi connectivity index (χ4n) is 4.62. The lowest BCUT2D eigenvalue weighted by atomic mass is 9.88. The van der Waals surface area contributed by atoms with Crippen LogP contribution in [0.15, 0.2) is 54.1 Å². The van der Waals surface area contributed by atoms with Gasteiger partial charge in [0.25, 0.3) is 0 Å². The monoisotopic (exact) mass is 431 g/mol. The van der Waals surface area contributed by atoms with Gasteiger partial charge < -0.3 is 9.64 Å². The molecule has 0 radical (unpaired) electrons. The molecule has 1 aliphatic heterocycles. The van der Waals surface area contributed by atoms with Gasteiger partial charge in [0, 0.05) is 43.0 Å². The van der Waals surface area contributed by atoms with Crippen LogP contribution in [0.1, 0.15) is 64.8 Å². The number of methoxy groups -OCH3 is 1. The van der Waals surface area contributed by atoms with Crippen LogP contribution in [0.5, 0.6) is 5.75 Å². The molecule has 4 rings (SSSR count). The van der Waals surface area contributed by atoms with E-state index in [9.17, 15) is 14.4 Å². The molecule has 166 valence electrons. The maximum Gasteiger partial charge on any atom is 0.222 e. The lowest BCUT2D eigenvalue weighted by Gasteiger charge is -2.31. The van der Waals surface area contributed by atoms with Gasteiger partial charge in [0.15, 0.2) is 11.6 Å². The highest BCUT2D eigenvalue weighted by Gasteiger charge is 2.28. The zero-order chi connectivity index (χ0) is 22.5. The largest absolute Gasteiger partial charge is 0.497 e. The van der Waals surface area contributed by atoms with Gasteiger partial charge in [-0.1, -0.05) is 35.9 Å². The number of benzene rings is 2.